The average Bonchev–Trinajstić information content (AvgIpc) is 2.33. The van der Waals surface area contributed by atoms with Crippen molar-refractivity contribution in [1.29, 1.82) is 0 Å². The molecule has 0 aliphatic rings. The fraction of sp³-hybridized carbons (Fsp3) is 0.0769. The van der Waals surface area contributed by atoms with Crippen molar-refractivity contribution in [1.82, 2.24) is 0 Å². The number of aromatic hydroxyl groups is 1. The van der Waals surface area contributed by atoms with Gasteiger partial charge in [0.25, 0.3) is 0 Å². The van der Waals surface area contributed by atoms with Crippen LogP contribution < -0.4 is 4.72 Å². The third kappa shape index (κ3) is 3.87. The van der Waals surface area contributed by atoms with Gasteiger partial charge in [-0.2, -0.15) is 0 Å². The zero-order valence-corrected chi connectivity index (χ0v) is 11.4. The molecule has 4 nitrogen and oxygen atoms in total. The third-order valence-corrected chi connectivity index (χ3v) is 3.90. The SMILES string of the molecule is O=S(=O)(Cc1ccccc1)Nc1ccc(Cl)cc1O. The average molecular weight is 298 g/mol. The Morgan fingerprint density at radius 3 is 2.42 bits per heavy atom. The second-order valence-electron chi connectivity index (χ2n) is 4.01. The highest BCUT2D eigenvalue weighted by atomic mass is 35.5. The van der Waals surface area contributed by atoms with Crippen LogP contribution in [0.1, 0.15) is 5.56 Å². The highest BCUT2D eigenvalue weighted by Crippen LogP contribution is 2.27. The molecule has 0 spiro atoms. The summed E-state index contributed by atoms with van der Waals surface area (Å²) in [6.07, 6.45) is 0. The van der Waals surface area contributed by atoms with Gasteiger partial charge in [-0.05, 0) is 17.7 Å². The summed E-state index contributed by atoms with van der Waals surface area (Å²) < 4.78 is 26.2. The highest BCUT2D eigenvalue weighted by molar-refractivity contribution is 7.91. The molecule has 0 amide bonds. The van der Waals surface area contributed by atoms with Crippen molar-refractivity contribution < 1.29 is 13.5 Å². The van der Waals surface area contributed by atoms with Gasteiger partial charge in [-0.1, -0.05) is 41.9 Å². The Bertz CT molecular complexity index is 672. The van der Waals surface area contributed by atoms with Gasteiger partial charge in [-0.15, -0.1) is 0 Å². The van der Waals surface area contributed by atoms with E-state index in [4.69, 9.17) is 11.6 Å². The summed E-state index contributed by atoms with van der Waals surface area (Å²) in [5.74, 6) is -0.361. The minimum absolute atomic E-state index is 0.111. The van der Waals surface area contributed by atoms with Crippen LogP contribution >= 0.6 is 11.6 Å². The molecule has 0 aliphatic carbocycles. The zero-order chi connectivity index (χ0) is 13.9. The first-order valence-electron chi connectivity index (χ1n) is 5.49. The number of benzene rings is 2. The van der Waals surface area contributed by atoms with Crippen LogP contribution in [0.15, 0.2) is 48.5 Å². The van der Waals surface area contributed by atoms with E-state index in [9.17, 15) is 13.5 Å². The predicted octanol–water partition coefficient (Wildman–Crippen LogP) is 2.99. The molecule has 2 rings (SSSR count). The highest BCUT2D eigenvalue weighted by Gasteiger charge is 2.13. The number of hydrogen-bond acceptors (Lipinski definition) is 3. The van der Waals surface area contributed by atoms with Gasteiger partial charge >= 0.3 is 0 Å². The molecule has 0 unspecified atom stereocenters. The molecular weight excluding hydrogens is 286 g/mol. The van der Waals surface area contributed by atoms with Crippen molar-refractivity contribution in [2.45, 2.75) is 5.75 Å². The fourth-order valence-corrected chi connectivity index (χ4v) is 2.97. The Balaban J connectivity index is 2.17. The Kier molecular flexibility index (Phi) is 3.97. The molecule has 19 heavy (non-hydrogen) atoms. The van der Waals surface area contributed by atoms with Gasteiger partial charge in [0.15, 0.2) is 0 Å². The largest absolute Gasteiger partial charge is 0.506 e. The number of nitrogens with one attached hydrogen (secondary N) is 1. The number of halogens is 1. The third-order valence-electron chi connectivity index (χ3n) is 2.42. The summed E-state index contributed by atoms with van der Waals surface area (Å²) in [7, 11) is -3.58. The van der Waals surface area contributed by atoms with Gasteiger partial charge in [-0.3, -0.25) is 4.72 Å². The summed E-state index contributed by atoms with van der Waals surface area (Å²) in [6, 6.07) is 13.0. The normalized spacial score (nSPS) is 11.2. The molecule has 100 valence electrons. The van der Waals surface area contributed by atoms with Crippen molar-refractivity contribution >= 4 is 27.3 Å². The van der Waals surface area contributed by atoms with Crippen molar-refractivity contribution in [3.05, 3.63) is 59.1 Å². The lowest BCUT2D eigenvalue weighted by molar-refractivity contribution is 0.477. The van der Waals surface area contributed by atoms with E-state index in [0.717, 1.165) is 0 Å². The maximum absolute atomic E-state index is 12.0. The number of hydrogen-bond donors (Lipinski definition) is 2. The molecule has 0 heterocycles. The monoisotopic (exact) mass is 297 g/mol. The molecule has 0 saturated heterocycles. The van der Waals surface area contributed by atoms with Crippen LogP contribution in [0.2, 0.25) is 5.02 Å². The van der Waals surface area contributed by atoms with Crippen molar-refractivity contribution in [3.63, 3.8) is 0 Å². The van der Waals surface area contributed by atoms with Crippen LogP contribution in [0.5, 0.6) is 5.75 Å². The lowest BCUT2D eigenvalue weighted by atomic mass is 10.2. The van der Waals surface area contributed by atoms with Gasteiger partial charge in [0, 0.05) is 11.1 Å². The Morgan fingerprint density at radius 1 is 1.11 bits per heavy atom. The van der Waals surface area contributed by atoms with E-state index in [0.29, 0.717) is 10.6 Å². The molecule has 2 N–H and O–H groups in total. The number of phenols is 1. The Hall–Kier alpha value is -1.72. The molecule has 0 aromatic heterocycles. The molecule has 6 heteroatoms. The topological polar surface area (TPSA) is 66.4 Å². The quantitative estimate of drug-likeness (QED) is 0.853. The number of sulfonamides is 1. The van der Waals surface area contributed by atoms with Gasteiger partial charge in [0.05, 0.1) is 11.4 Å². The lowest BCUT2D eigenvalue weighted by Crippen LogP contribution is -2.15. The van der Waals surface area contributed by atoms with Crippen LogP contribution in [0.3, 0.4) is 0 Å². The van der Waals surface area contributed by atoms with Crippen LogP contribution in [0.4, 0.5) is 5.69 Å². The predicted molar refractivity (Wildman–Crippen MR) is 75.8 cm³/mol. The molecule has 0 bridgehead atoms. The first-order chi connectivity index (χ1) is 8.96. The summed E-state index contributed by atoms with van der Waals surface area (Å²) in [5.41, 5.74) is 0.781. The summed E-state index contributed by atoms with van der Waals surface area (Å²) in [4.78, 5) is 0. The van der Waals surface area contributed by atoms with E-state index in [1.807, 2.05) is 6.07 Å². The van der Waals surface area contributed by atoms with Crippen LogP contribution in [0, 0.1) is 0 Å². The fourth-order valence-electron chi connectivity index (χ4n) is 1.59. The van der Waals surface area contributed by atoms with Crippen LogP contribution in [0.25, 0.3) is 0 Å². The maximum Gasteiger partial charge on any atom is 0.237 e. The molecule has 2 aromatic carbocycles. The van der Waals surface area contributed by atoms with E-state index in [2.05, 4.69) is 4.72 Å². The van der Waals surface area contributed by atoms with Crippen molar-refractivity contribution in [3.8, 4) is 5.75 Å². The van der Waals surface area contributed by atoms with Gasteiger partial charge in [-0.25, -0.2) is 8.42 Å². The smallest absolute Gasteiger partial charge is 0.237 e. The van der Waals surface area contributed by atoms with Crippen molar-refractivity contribution in [2.24, 2.45) is 0 Å². The summed E-state index contributed by atoms with van der Waals surface area (Å²) in [6.45, 7) is 0. The zero-order valence-electron chi connectivity index (χ0n) is 9.88. The van der Waals surface area contributed by atoms with Gasteiger partial charge < -0.3 is 5.11 Å². The Labute approximate surface area is 116 Å². The summed E-state index contributed by atoms with van der Waals surface area (Å²) in [5, 5.41) is 9.95. The number of phenolic OH excluding ortho intramolecular Hbond substituents is 1. The van der Waals surface area contributed by atoms with Gasteiger partial charge in [0.2, 0.25) is 10.0 Å². The standard InChI is InChI=1S/C13H12ClNO3S/c14-11-6-7-12(13(16)8-11)15-19(17,18)9-10-4-2-1-3-5-10/h1-8,15-16H,9H2. The second-order valence-corrected chi connectivity index (χ2v) is 6.17. The first-order valence-corrected chi connectivity index (χ1v) is 7.52. The minimum Gasteiger partial charge on any atom is -0.506 e. The van der Waals surface area contributed by atoms with E-state index < -0.39 is 10.0 Å². The molecule has 2 aromatic rings. The molecule has 0 aliphatic heterocycles. The van der Waals surface area contributed by atoms with Gasteiger partial charge in [0.1, 0.15) is 5.75 Å². The van der Waals surface area contributed by atoms with Crippen LogP contribution in [-0.2, 0) is 15.8 Å². The van der Waals surface area contributed by atoms with E-state index in [-0.39, 0.29) is 17.2 Å². The van der Waals surface area contributed by atoms with Crippen LogP contribution in [-0.4, -0.2) is 13.5 Å². The van der Waals surface area contributed by atoms with E-state index >= 15 is 0 Å². The van der Waals surface area contributed by atoms with E-state index in [1.165, 1.54) is 18.2 Å². The molecular formula is C13H12ClNO3S. The molecule has 0 fully saturated rings. The molecule has 0 saturated carbocycles. The first kappa shape index (κ1) is 13.7. The lowest BCUT2D eigenvalue weighted by Gasteiger charge is -2.09. The van der Waals surface area contributed by atoms with E-state index in [1.54, 1.807) is 24.3 Å². The Morgan fingerprint density at radius 2 is 1.79 bits per heavy atom. The van der Waals surface area contributed by atoms with Crippen molar-refractivity contribution in [2.75, 3.05) is 4.72 Å². The second kappa shape index (κ2) is 5.50. The summed E-state index contributed by atoms with van der Waals surface area (Å²) >= 11 is 5.68. The number of anilines is 1. The minimum atomic E-state index is -3.58. The molecule has 0 atom stereocenters. The number of rotatable bonds is 4. The molecule has 0 radical (unpaired) electrons. The maximum atomic E-state index is 12.0.